The van der Waals surface area contributed by atoms with Gasteiger partial charge in [0.25, 0.3) is 0 Å². The molecule has 0 aromatic carbocycles. The summed E-state index contributed by atoms with van der Waals surface area (Å²) in [5.74, 6) is -1.08. The first kappa shape index (κ1) is 58.3. The summed E-state index contributed by atoms with van der Waals surface area (Å²) in [6, 6.07) is 0. The van der Waals surface area contributed by atoms with Crippen LogP contribution in [0.3, 0.4) is 0 Å². The number of rotatable bonds is 41. The molecule has 0 spiro atoms. The summed E-state index contributed by atoms with van der Waals surface area (Å²) in [6.45, 7) is 6.13. The van der Waals surface area contributed by atoms with Crippen LogP contribution in [0.15, 0.2) is 146 Å². The Labute approximate surface area is 385 Å². The number of unbranched alkanes of at least 4 members (excludes halogenated alkanes) is 8. The van der Waals surface area contributed by atoms with E-state index in [-0.39, 0.29) is 44.0 Å². The van der Waals surface area contributed by atoms with Gasteiger partial charge in [0.1, 0.15) is 13.2 Å². The number of esters is 3. The Balaban J connectivity index is 4.62. The Bertz CT molecular complexity index is 1460. The minimum atomic E-state index is -0.839. The maximum absolute atomic E-state index is 12.8. The normalized spacial score (nSPS) is 13.4. The molecule has 0 aliphatic rings. The van der Waals surface area contributed by atoms with Crippen molar-refractivity contribution in [3.05, 3.63) is 146 Å². The summed E-state index contributed by atoms with van der Waals surface area (Å²) in [5, 5.41) is 0. The van der Waals surface area contributed by atoms with Gasteiger partial charge in [0.05, 0.1) is 0 Å². The summed E-state index contributed by atoms with van der Waals surface area (Å²) >= 11 is 0. The lowest BCUT2D eigenvalue weighted by Crippen LogP contribution is -2.30. The fourth-order valence-electron chi connectivity index (χ4n) is 5.83. The molecule has 0 aliphatic heterocycles. The molecule has 0 saturated heterocycles. The Morgan fingerprint density at radius 2 is 0.683 bits per heavy atom. The summed E-state index contributed by atoms with van der Waals surface area (Å²) in [5.41, 5.74) is 0. The average Bonchev–Trinajstić information content (AvgIpc) is 3.28. The zero-order valence-electron chi connectivity index (χ0n) is 39.8. The van der Waals surface area contributed by atoms with Crippen molar-refractivity contribution in [2.45, 2.75) is 181 Å². The second kappa shape index (κ2) is 49.9. The largest absolute Gasteiger partial charge is 0.462 e. The lowest BCUT2D eigenvalue weighted by atomic mass is 10.1. The highest BCUT2D eigenvalue weighted by molar-refractivity contribution is 5.71. The Kier molecular flexibility index (Phi) is 46.2. The van der Waals surface area contributed by atoms with Crippen LogP contribution in [0.25, 0.3) is 0 Å². The summed E-state index contributed by atoms with van der Waals surface area (Å²) in [4.78, 5) is 37.9. The molecule has 0 radical (unpaired) electrons. The van der Waals surface area contributed by atoms with Gasteiger partial charge in [-0.3, -0.25) is 14.4 Å². The van der Waals surface area contributed by atoms with Gasteiger partial charge < -0.3 is 14.2 Å². The number of allylic oxidation sites excluding steroid dienone is 24. The maximum Gasteiger partial charge on any atom is 0.306 e. The predicted molar refractivity (Wildman–Crippen MR) is 269 cm³/mol. The van der Waals surface area contributed by atoms with Crippen molar-refractivity contribution in [2.75, 3.05) is 13.2 Å². The van der Waals surface area contributed by atoms with Crippen LogP contribution in [-0.2, 0) is 28.6 Å². The van der Waals surface area contributed by atoms with Gasteiger partial charge in [0, 0.05) is 19.3 Å². The van der Waals surface area contributed by atoms with Crippen LogP contribution in [-0.4, -0.2) is 37.2 Å². The van der Waals surface area contributed by atoms with Crippen LogP contribution in [0.2, 0.25) is 0 Å². The predicted octanol–water partition coefficient (Wildman–Crippen LogP) is 16.1. The third-order valence-corrected chi connectivity index (χ3v) is 9.39. The molecule has 6 nitrogen and oxygen atoms in total. The van der Waals surface area contributed by atoms with Crippen molar-refractivity contribution in [2.24, 2.45) is 0 Å². The third kappa shape index (κ3) is 48.2. The monoisotopic (exact) mass is 867 g/mol. The molecule has 0 rings (SSSR count). The molecule has 0 bridgehead atoms. The highest BCUT2D eigenvalue weighted by Crippen LogP contribution is 2.11. The van der Waals surface area contributed by atoms with Gasteiger partial charge in [-0.05, 0) is 109 Å². The number of hydrogen-bond acceptors (Lipinski definition) is 6. The molecule has 6 heteroatoms. The van der Waals surface area contributed by atoms with Crippen LogP contribution in [0.5, 0.6) is 0 Å². The number of ether oxygens (including phenoxy) is 3. The number of carbonyl (C=O) groups is 3. The van der Waals surface area contributed by atoms with Gasteiger partial charge >= 0.3 is 17.9 Å². The Morgan fingerprint density at radius 3 is 1.17 bits per heavy atom. The number of hydrogen-bond donors (Lipinski definition) is 0. The van der Waals surface area contributed by atoms with Gasteiger partial charge in [-0.25, -0.2) is 0 Å². The molecule has 0 amide bonds. The highest BCUT2D eigenvalue weighted by Gasteiger charge is 2.19. The summed E-state index contributed by atoms with van der Waals surface area (Å²) in [7, 11) is 0. The van der Waals surface area contributed by atoms with Crippen molar-refractivity contribution >= 4 is 17.9 Å². The third-order valence-electron chi connectivity index (χ3n) is 9.39. The van der Waals surface area contributed by atoms with Crippen molar-refractivity contribution in [1.29, 1.82) is 0 Å². The lowest BCUT2D eigenvalue weighted by Gasteiger charge is -2.18. The molecule has 1 unspecified atom stereocenters. The van der Waals surface area contributed by atoms with Crippen LogP contribution in [0, 0.1) is 0 Å². The lowest BCUT2D eigenvalue weighted by molar-refractivity contribution is -0.166. The molecule has 1 atom stereocenters. The van der Waals surface area contributed by atoms with Gasteiger partial charge in [0.15, 0.2) is 6.10 Å². The van der Waals surface area contributed by atoms with Gasteiger partial charge in [0.2, 0.25) is 0 Å². The van der Waals surface area contributed by atoms with Crippen molar-refractivity contribution in [3.8, 4) is 0 Å². The second-order valence-electron chi connectivity index (χ2n) is 15.3. The SMILES string of the molecule is CC/C=C/C=C/C=C/CCCCCCCC(=O)OCC(COC(=O)CC/C=C/C/C=C/C/C=C/C/C=C/C/C=C/CC)OC(=O)CCCCC/C=C/C/C=C/C/C=C/C/C=C/CC. The van der Waals surface area contributed by atoms with E-state index in [9.17, 15) is 14.4 Å². The Hall–Kier alpha value is -4.71. The molecule has 350 valence electrons. The topological polar surface area (TPSA) is 78.9 Å². The molecule has 0 aromatic heterocycles. The van der Waals surface area contributed by atoms with Crippen LogP contribution >= 0.6 is 0 Å². The van der Waals surface area contributed by atoms with E-state index < -0.39 is 6.10 Å². The minimum absolute atomic E-state index is 0.131. The first-order chi connectivity index (χ1) is 31.0. The molecule has 0 N–H and O–H groups in total. The van der Waals surface area contributed by atoms with Gasteiger partial charge in [-0.2, -0.15) is 0 Å². The molecule has 0 heterocycles. The maximum atomic E-state index is 12.8. The van der Waals surface area contributed by atoms with E-state index in [4.69, 9.17) is 14.2 Å². The smallest absolute Gasteiger partial charge is 0.306 e. The first-order valence-electron chi connectivity index (χ1n) is 24.4. The zero-order valence-corrected chi connectivity index (χ0v) is 39.8. The first-order valence-corrected chi connectivity index (χ1v) is 24.4. The van der Waals surface area contributed by atoms with E-state index in [0.717, 1.165) is 122 Å². The van der Waals surface area contributed by atoms with E-state index in [2.05, 4.69) is 148 Å². The van der Waals surface area contributed by atoms with Crippen molar-refractivity contribution < 1.29 is 28.6 Å². The summed E-state index contributed by atoms with van der Waals surface area (Å²) < 4.78 is 16.6. The van der Waals surface area contributed by atoms with Crippen LogP contribution < -0.4 is 0 Å². The fourth-order valence-corrected chi connectivity index (χ4v) is 5.83. The standard InChI is InChI=1S/C57H86O6/c1-4-7-10-13-16-19-22-25-27-29-32-35-38-41-44-47-50-56(59)62-53-54(52-61-55(58)49-46-43-40-37-34-31-24-21-18-15-12-9-6-3)63-57(60)51-48-45-42-39-36-33-30-28-26-23-20-17-14-11-8-5-2/h7-12,15-21,24-28,32-33,35-36,41,44,54H,4-6,13-14,22-23,29-31,34,37-40,42-43,45-53H2,1-3H3/b10-7+,11-8+,12-9+,18-15+,19-16+,20-17+,24-21+,27-25+,28-26+,35-32+,36-33+,44-41+. The quantitative estimate of drug-likeness (QED) is 0.0200. The van der Waals surface area contributed by atoms with E-state index in [1.165, 1.54) is 0 Å². The average molecular weight is 867 g/mol. The van der Waals surface area contributed by atoms with Crippen molar-refractivity contribution in [1.82, 2.24) is 0 Å². The van der Waals surface area contributed by atoms with Gasteiger partial charge in [-0.1, -0.05) is 192 Å². The molecular formula is C57H86O6. The fraction of sp³-hybridized carbons (Fsp3) is 0.526. The Morgan fingerprint density at radius 1 is 0.333 bits per heavy atom. The molecule has 63 heavy (non-hydrogen) atoms. The van der Waals surface area contributed by atoms with E-state index >= 15 is 0 Å². The zero-order chi connectivity index (χ0) is 45.8. The van der Waals surface area contributed by atoms with E-state index in [1.807, 2.05) is 18.2 Å². The second-order valence-corrected chi connectivity index (χ2v) is 15.3. The molecular weight excluding hydrogens is 781 g/mol. The van der Waals surface area contributed by atoms with Crippen LogP contribution in [0.1, 0.15) is 175 Å². The number of carbonyl (C=O) groups excluding carboxylic acids is 3. The molecule has 0 aromatic rings. The molecule has 0 fully saturated rings. The van der Waals surface area contributed by atoms with Crippen LogP contribution in [0.4, 0.5) is 0 Å². The van der Waals surface area contributed by atoms with Crippen molar-refractivity contribution in [3.63, 3.8) is 0 Å². The molecule has 0 aliphatic carbocycles. The van der Waals surface area contributed by atoms with Gasteiger partial charge in [-0.15, -0.1) is 0 Å². The molecule has 0 saturated carbocycles. The van der Waals surface area contributed by atoms with E-state index in [1.54, 1.807) is 0 Å². The summed E-state index contributed by atoms with van der Waals surface area (Å²) in [6.07, 6.45) is 71.3. The van der Waals surface area contributed by atoms with E-state index in [0.29, 0.717) is 19.3 Å². The minimum Gasteiger partial charge on any atom is -0.462 e. The highest BCUT2D eigenvalue weighted by atomic mass is 16.6.